The Morgan fingerprint density at radius 2 is 2.19 bits per heavy atom. The maximum absolute atomic E-state index is 11.1. The second-order valence-electron chi connectivity index (χ2n) is 3.98. The van der Waals surface area contributed by atoms with Gasteiger partial charge < -0.3 is 4.90 Å². The van der Waals surface area contributed by atoms with Crippen LogP contribution in [-0.4, -0.2) is 45.2 Å². The van der Waals surface area contributed by atoms with Crippen LogP contribution in [0.4, 0.5) is 0 Å². The van der Waals surface area contributed by atoms with Gasteiger partial charge in [-0.2, -0.15) is 0 Å². The first kappa shape index (κ1) is 10.8. The van der Waals surface area contributed by atoms with Crippen LogP contribution >= 0.6 is 0 Å². The second kappa shape index (κ2) is 4.42. The van der Waals surface area contributed by atoms with E-state index in [1.165, 1.54) is 0 Å². The van der Waals surface area contributed by atoms with Crippen molar-refractivity contribution in [3.05, 3.63) is 11.9 Å². The fraction of sp³-hybridized carbons (Fsp3) is 0.600. The van der Waals surface area contributed by atoms with Crippen molar-refractivity contribution in [1.82, 2.24) is 19.9 Å². The molecule has 1 aromatic heterocycles. The summed E-state index contributed by atoms with van der Waals surface area (Å²) in [6.45, 7) is 3.08. The number of amides is 1. The van der Waals surface area contributed by atoms with E-state index < -0.39 is 0 Å². The predicted octanol–water partition coefficient (Wildman–Crippen LogP) is 0.274. The maximum atomic E-state index is 11.1. The lowest BCUT2D eigenvalue weighted by Gasteiger charge is -2.30. The average Bonchev–Trinajstić information content (AvgIpc) is 2.77. The minimum atomic E-state index is 0.116. The van der Waals surface area contributed by atoms with Crippen molar-refractivity contribution in [2.75, 3.05) is 13.1 Å². The van der Waals surface area contributed by atoms with Crippen molar-refractivity contribution in [3.8, 4) is 0 Å². The maximum Gasteiger partial charge on any atom is 0.219 e. The van der Waals surface area contributed by atoms with Crippen LogP contribution in [0.1, 0.15) is 36.3 Å². The molecule has 0 saturated carbocycles. The zero-order valence-corrected chi connectivity index (χ0v) is 9.17. The van der Waals surface area contributed by atoms with E-state index in [2.05, 4.69) is 10.3 Å². The van der Waals surface area contributed by atoms with Gasteiger partial charge in [0.15, 0.2) is 6.29 Å². The molecule has 1 amide bonds. The highest BCUT2D eigenvalue weighted by Crippen LogP contribution is 2.21. The largest absolute Gasteiger partial charge is 0.343 e. The molecule has 16 heavy (non-hydrogen) atoms. The number of likely N-dealkylation sites (tertiary alicyclic amines) is 1. The number of hydrogen-bond acceptors (Lipinski definition) is 4. The molecule has 1 saturated heterocycles. The molecule has 0 aliphatic carbocycles. The van der Waals surface area contributed by atoms with E-state index in [1.54, 1.807) is 17.8 Å². The molecule has 0 spiro atoms. The van der Waals surface area contributed by atoms with Crippen molar-refractivity contribution in [2.24, 2.45) is 0 Å². The Bertz CT molecular complexity index is 393. The number of rotatable bonds is 2. The first-order valence-corrected chi connectivity index (χ1v) is 5.33. The van der Waals surface area contributed by atoms with Crippen molar-refractivity contribution in [3.63, 3.8) is 0 Å². The van der Waals surface area contributed by atoms with E-state index in [0.29, 0.717) is 12.0 Å². The highest BCUT2D eigenvalue weighted by atomic mass is 16.2. The summed E-state index contributed by atoms with van der Waals surface area (Å²) in [6, 6.07) is 0.247. The van der Waals surface area contributed by atoms with Gasteiger partial charge in [0.2, 0.25) is 5.91 Å². The van der Waals surface area contributed by atoms with Gasteiger partial charge in [-0.3, -0.25) is 9.59 Å². The van der Waals surface area contributed by atoms with Crippen LogP contribution in [0.5, 0.6) is 0 Å². The number of nitrogens with zero attached hydrogens (tertiary/aromatic N) is 4. The summed E-state index contributed by atoms with van der Waals surface area (Å²) < 4.78 is 1.72. The minimum Gasteiger partial charge on any atom is -0.343 e. The van der Waals surface area contributed by atoms with Crippen molar-refractivity contribution in [1.29, 1.82) is 0 Å². The molecule has 1 aromatic rings. The molecule has 1 aliphatic heterocycles. The highest BCUT2D eigenvalue weighted by Gasteiger charge is 2.22. The summed E-state index contributed by atoms with van der Waals surface area (Å²) in [7, 11) is 0. The van der Waals surface area contributed by atoms with Gasteiger partial charge in [-0.05, 0) is 12.8 Å². The first-order valence-electron chi connectivity index (χ1n) is 5.33. The number of aromatic nitrogens is 3. The number of hydrogen-bond donors (Lipinski definition) is 0. The molecule has 6 heteroatoms. The molecule has 0 N–H and O–H groups in total. The summed E-state index contributed by atoms with van der Waals surface area (Å²) in [5.74, 6) is 0.116. The zero-order chi connectivity index (χ0) is 11.5. The van der Waals surface area contributed by atoms with Crippen LogP contribution in [-0.2, 0) is 4.79 Å². The molecule has 1 fully saturated rings. The molecule has 6 nitrogen and oxygen atoms in total. The van der Waals surface area contributed by atoms with Crippen LogP contribution in [0.15, 0.2) is 6.20 Å². The van der Waals surface area contributed by atoms with E-state index in [-0.39, 0.29) is 11.9 Å². The quantitative estimate of drug-likeness (QED) is 0.674. The van der Waals surface area contributed by atoms with E-state index in [1.807, 2.05) is 4.90 Å². The normalized spacial score (nSPS) is 17.4. The summed E-state index contributed by atoms with van der Waals surface area (Å²) >= 11 is 0. The Labute approximate surface area is 93.2 Å². The zero-order valence-electron chi connectivity index (χ0n) is 9.17. The summed E-state index contributed by atoms with van der Waals surface area (Å²) in [6.07, 6.45) is 4.07. The highest BCUT2D eigenvalue weighted by molar-refractivity contribution is 5.73. The molecule has 0 atom stereocenters. The molecular weight excluding hydrogens is 208 g/mol. The SMILES string of the molecule is CC(=O)N1CCC(n2cc(C=O)nn2)CC1. The number of carbonyl (C=O) groups is 2. The molecule has 1 aliphatic rings. The van der Waals surface area contributed by atoms with E-state index in [0.717, 1.165) is 25.9 Å². The third-order valence-electron chi connectivity index (χ3n) is 2.93. The van der Waals surface area contributed by atoms with Crippen LogP contribution < -0.4 is 0 Å². The topological polar surface area (TPSA) is 68.1 Å². The van der Waals surface area contributed by atoms with Gasteiger partial charge in [-0.15, -0.1) is 5.10 Å². The van der Waals surface area contributed by atoms with Gasteiger partial charge in [-0.1, -0.05) is 5.21 Å². The Morgan fingerprint density at radius 1 is 1.50 bits per heavy atom. The molecule has 0 unspecified atom stereocenters. The Hall–Kier alpha value is -1.72. The number of piperidine rings is 1. The summed E-state index contributed by atoms with van der Waals surface area (Å²) in [5.41, 5.74) is 0.356. The summed E-state index contributed by atoms with van der Waals surface area (Å²) in [5, 5.41) is 7.64. The fourth-order valence-corrected chi connectivity index (χ4v) is 1.97. The van der Waals surface area contributed by atoms with Crippen LogP contribution in [0.25, 0.3) is 0 Å². The molecule has 2 heterocycles. The molecule has 86 valence electrons. The Kier molecular flexibility index (Phi) is 2.98. The third kappa shape index (κ3) is 2.10. The Morgan fingerprint density at radius 3 is 2.69 bits per heavy atom. The lowest BCUT2D eigenvalue weighted by Crippen LogP contribution is -2.37. The van der Waals surface area contributed by atoms with Crippen molar-refractivity contribution in [2.45, 2.75) is 25.8 Å². The smallest absolute Gasteiger partial charge is 0.219 e. The van der Waals surface area contributed by atoms with E-state index in [9.17, 15) is 9.59 Å². The summed E-state index contributed by atoms with van der Waals surface area (Å²) in [4.78, 5) is 23.4. The van der Waals surface area contributed by atoms with Crippen LogP contribution in [0.3, 0.4) is 0 Å². The minimum absolute atomic E-state index is 0.116. The van der Waals surface area contributed by atoms with E-state index in [4.69, 9.17) is 0 Å². The third-order valence-corrected chi connectivity index (χ3v) is 2.93. The lowest BCUT2D eigenvalue weighted by molar-refractivity contribution is -0.130. The van der Waals surface area contributed by atoms with Gasteiger partial charge in [0.25, 0.3) is 0 Å². The predicted molar refractivity (Wildman–Crippen MR) is 55.9 cm³/mol. The van der Waals surface area contributed by atoms with Crippen LogP contribution in [0.2, 0.25) is 0 Å². The lowest BCUT2D eigenvalue weighted by atomic mass is 10.1. The molecule has 2 rings (SSSR count). The van der Waals surface area contributed by atoms with Crippen molar-refractivity contribution < 1.29 is 9.59 Å². The standard InChI is InChI=1S/C10H14N4O2/c1-8(16)13-4-2-10(3-5-13)14-6-9(7-15)11-12-14/h6-7,10H,2-5H2,1H3. The second-order valence-corrected chi connectivity index (χ2v) is 3.98. The molecule has 0 radical (unpaired) electrons. The van der Waals surface area contributed by atoms with E-state index >= 15 is 0 Å². The van der Waals surface area contributed by atoms with Crippen LogP contribution in [0, 0.1) is 0 Å². The van der Waals surface area contributed by atoms with Gasteiger partial charge in [0, 0.05) is 20.0 Å². The average molecular weight is 222 g/mol. The van der Waals surface area contributed by atoms with Gasteiger partial charge >= 0.3 is 0 Å². The van der Waals surface area contributed by atoms with Gasteiger partial charge in [-0.25, -0.2) is 4.68 Å². The van der Waals surface area contributed by atoms with Crippen molar-refractivity contribution >= 4 is 12.2 Å². The van der Waals surface area contributed by atoms with Gasteiger partial charge in [0.05, 0.1) is 12.2 Å². The first-order chi connectivity index (χ1) is 7.70. The Balaban J connectivity index is 1.98. The number of carbonyl (C=O) groups excluding carboxylic acids is 2. The fourth-order valence-electron chi connectivity index (χ4n) is 1.97. The molecular formula is C10H14N4O2. The molecule has 0 bridgehead atoms. The molecule has 0 aromatic carbocycles. The number of aldehydes is 1. The monoisotopic (exact) mass is 222 g/mol. The van der Waals surface area contributed by atoms with Gasteiger partial charge in [0.1, 0.15) is 5.69 Å².